The largest absolute Gasteiger partial charge is 0.395 e. The molecule has 2 amide bonds. The van der Waals surface area contributed by atoms with Crippen molar-refractivity contribution in [2.75, 3.05) is 13.2 Å². The molecular weight excluding hydrogens is 351 g/mol. The van der Waals surface area contributed by atoms with Crippen LogP contribution in [0.25, 0.3) is 0 Å². The van der Waals surface area contributed by atoms with Gasteiger partial charge in [0.15, 0.2) is 0 Å². The topological polar surface area (TPSA) is 98.7 Å². The third-order valence-electron chi connectivity index (χ3n) is 4.23. The van der Waals surface area contributed by atoms with Crippen molar-refractivity contribution in [3.05, 3.63) is 34.6 Å². The molecule has 1 aliphatic rings. The van der Waals surface area contributed by atoms with Crippen molar-refractivity contribution in [3.63, 3.8) is 0 Å². The lowest BCUT2D eigenvalue weighted by molar-refractivity contribution is -0.129. The molecule has 0 radical (unpaired) electrons. The summed E-state index contributed by atoms with van der Waals surface area (Å²) in [5.41, 5.74) is 0.435. The van der Waals surface area contributed by atoms with E-state index in [1.807, 2.05) is 0 Å². The molecule has 0 saturated heterocycles. The Morgan fingerprint density at radius 2 is 2.04 bits per heavy atom. The van der Waals surface area contributed by atoms with Gasteiger partial charge >= 0.3 is 0 Å². The fraction of sp³-hybridized carbons (Fsp3) is 0.529. The second kappa shape index (κ2) is 9.12. The second-order valence-electron chi connectivity index (χ2n) is 6.22. The summed E-state index contributed by atoms with van der Waals surface area (Å²) in [5, 5.41) is 24.4. The van der Waals surface area contributed by atoms with Gasteiger partial charge in [-0.05, 0) is 43.0 Å². The Labute approximate surface area is 150 Å². The van der Waals surface area contributed by atoms with Gasteiger partial charge in [-0.15, -0.1) is 0 Å². The summed E-state index contributed by atoms with van der Waals surface area (Å²) in [7, 11) is 0. The van der Waals surface area contributed by atoms with E-state index in [2.05, 4.69) is 10.6 Å². The number of benzene rings is 1. The molecule has 138 valence electrons. The summed E-state index contributed by atoms with van der Waals surface area (Å²) < 4.78 is 13.3. The Bertz CT molecular complexity index is 608. The standard InChI is InChI=1S/C17H22ClFN2O4/c18-12-5-10(6-13(19)9-12)7-16(24)21-14-8-11(1-2-15(14)23)17(25)20-3-4-22/h5-6,9,11,14-15,22-23H,1-4,7-8H2,(H,20,25)(H,21,24)/t11-,14+,15+/m0/s1. The molecule has 6 nitrogen and oxygen atoms in total. The zero-order valence-corrected chi connectivity index (χ0v) is 14.4. The number of amides is 2. The molecule has 1 saturated carbocycles. The van der Waals surface area contributed by atoms with Crippen molar-refractivity contribution in [3.8, 4) is 0 Å². The van der Waals surface area contributed by atoms with Crippen LogP contribution < -0.4 is 10.6 Å². The minimum Gasteiger partial charge on any atom is -0.395 e. The lowest BCUT2D eigenvalue weighted by Crippen LogP contribution is -2.50. The van der Waals surface area contributed by atoms with Gasteiger partial charge in [-0.2, -0.15) is 0 Å². The van der Waals surface area contributed by atoms with Crippen LogP contribution in [0.2, 0.25) is 5.02 Å². The minimum absolute atomic E-state index is 0.0674. The molecule has 4 N–H and O–H groups in total. The molecular formula is C17H22ClFN2O4. The Morgan fingerprint density at radius 3 is 2.72 bits per heavy atom. The minimum atomic E-state index is -0.734. The van der Waals surface area contributed by atoms with E-state index in [1.165, 1.54) is 12.1 Å². The first-order valence-electron chi connectivity index (χ1n) is 8.20. The fourth-order valence-corrected chi connectivity index (χ4v) is 3.27. The molecule has 3 atom stereocenters. The first-order valence-corrected chi connectivity index (χ1v) is 8.57. The lowest BCUT2D eigenvalue weighted by atomic mass is 9.83. The van der Waals surface area contributed by atoms with E-state index < -0.39 is 18.0 Å². The van der Waals surface area contributed by atoms with Crippen LogP contribution in [-0.2, 0) is 16.0 Å². The Kier molecular flexibility index (Phi) is 7.16. The van der Waals surface area contributed by atoms with Crippen molar-refractivity contribution in [1.82, 2.24) is 10.6 Å². The maximum absolute atomic E-state index is 13.3. The maximum Gasteiger partial charge on any atom is 0.224 e. The van der Waals surface area contributed by atoms with Crippen LogP contribution in [-0.4, -0.2) is 47.3 Å². The molecule has 8 heteroatoms. The summed E-state index contributed by atoms with van der Waals surface area (Å²) in [4.78, 5) is 24.2. The highest BCUT2D eigenvalue weighted by atomic mass is 35.5. The molecule has 2 rings (SSSR count). The van der Waals surface area contributed by atoms with Crippen molar-refractivity contribution < 1.29 is 24.2 Å². The van der Waals surface area contributed by atoms with Gasteiger partial charge < -0.3 is 20.8 Å². The molecule has 0 spiro atoms. The predicted molar refractivity (Wildman–Crippen MR) is 90.5 cm³/mol. The molecule has 0 unspecified atom stereocenters. The Morgan fingerprint density at radius 1 is 1.28 bits per heavy atom. The summed E-state index contributed by atoms with van der Waals surface area (Å²) in [5.74, 6) is -1.42. The van der Waals surface area contributed by atoms with E-state index >= 15 is 0 Å². The van der Waals surface area contributed by atoms with Gasteiger partial charge in [0.25, 0.3) is 0 Å². The van der Waals surface area contributed by atoms with Crippen molar-refractivity contribution in [2.24, 2.45) is 5.92 Å². The molecule has 1 fully saturated rings. The molecule has 0 aromatic heterocycles. The second-order valence-corrected chi connectivity index (χ2v) is 6.66. The Hall–Kier alpha value is -1.70. The predicted octanol–water partition coefficient (Wildman–Crippen LogP) is 0.776. The van der Waals surface area contributed by atoms with Crippen LogP contribution in [0.4, 0.5) is 4.39 Å². The third-order valence-corrected chi connectivity index (χ3v) is 4.45. The number of nitrogens with one attached hydrogen (secondary N) is 2. The smallest absolute Gasteiger partial charge is 0.224 e. The molecule has 0 bridgehead atoms. The van der Waals surface area contributed by atoms with E-state index in [-0.39, 0.29) is 42.3 Å². The van der Waals surface area contributed by atoms with Crippen molar-refractivity contribution >= 4 is 23.4 Å². The SMILES string of the molecule is O=C(Cc1cc(F)cc(Cl)c1)N[C@@H]1C[C@@H](C(=O)NCCO)CC[C@H]1O. The van der Waals surface area contributed by atoms with E-state index in [9.17, 15) is 19.1 Å². The quantitative estimate of drug-likeness (QED) is 0.593. The fourth-order valence-electron chi connectivity index (χ4n) is 3.03. The van der Waals surface area contributed by atoms with Crippen LogP contribution in [0.1, 0.15) is 24.8 Å². The van der Waals surface area contributed by atoms with Crippen LogP contribution in [0.3, 0.4) is 0 Å². The van der Waals surface area contributed by atoms with Gasteiger partial charge in [0, 0.05) is 17.5 Å². The summed E-state index contributed by atoms with van der Waals surface area (Å²) in [6.45, 7) is 0.0344. The van der Waals surface area contributed by atoms with Crippen molar-refractivity contribution in [1.29, 1.82) is 0 Å². The van der Waals surface area contributed by atoms with E-state index in [0.717, 1.165) is 6.07 Å². The molecule has 1 aliphatic carbocycles. The van der Waals surface area contributed by atoms with Crippen LogP contribution in [0.5, 0.6) is 0 Å². The first-order chi connectivity index (χ1) is 11.9. The third kappa shape index (κ3) is 5.95. The number of carbonyl (C=O) groups is 2. The van der Waals surface area contributed by atoms with Crippen LogP contribution >= 0.6 is 11.6 Å². The van der Waals surface area contributed by atoms with Gasteiger partial charge in [-0.3, -0.25) is 9.59 Å². The zero-order valence-electron chi connectivity index (χ0n) is 13.7. The number of hydrogen-bond donors (Lipinski definition) is 4. The molecule has 0 aliphatic heterocycles. The van der Waals surface area contributed by atoms with E-state index in [1.54, 1.807) is 0 Å². The van der Waals surface area contributed by atoms with Gasteiger partial charge in [-0.25, -0.2) is 4.39 Å². The summed E-state index contributed by atoms with van der Waals surface area (Å²) in [6, 6.07) is 3.35. The lowest BCUT2D eigenvalue weighted by Gasteiger charge is -2.33. The highest BCUT2D eigenvalue weighted by molar-refractivity contribution is 6.30. The average Bonchev–Trinajstić information content (AvgIpc) is 2.53. The summed E-state index contributed by atoms with van der Waals surface area (Å²) in [6.07, 6.45) is 0.427. The highest BCUT2D eigenvalue weighted by Crippen LogP contribution is 2.25. The molecule has 1 aromatic carbocycles. The summed E-state index contributed by atoms with van der Waals surface area (Å²) >= 11 is 5.77. The van der Waals surface area contributed by atoms with Crippen molar-refractivity contribution in [2.45, 2.75) is 37.8 Å². The Balaban J connectivity index is 1.92. The normalized spacial score (nSPS) is 23.1. The van der Waals surface area contributed by atoms with Gasteiger partial charge in [0.1, 0.15) is 5.82 Å². The van der Waals surface area contributed by atoms with Gasteiger partial charge in [0.2, 0.25) is 11.8 Å². The average molecular weight is 373 g/mol. The number of halogens is 2. The zero-order chi connectivity index (χ0) is 18.4. The molecule has 25 heavy (non-hydrogen) atoms. The van der Waals surface area contributed by atoms with Crippen LogP contribution in [0, 0.1) is 11.7 Å². The number of aliphatic hydroxyl groups excluding tert-OH is 2. The number of aliphatic hydroxyl groups is 2. The van der Waals surface area contributed by atoms with E-state index in [4.69, 9.17) is 16.7 Å². The molecule has 0 heterocycles. The maximum atomic E-state index is 13.3. The van der Waals surface area contributed by atoms with E-state index in [0.29, 0.717) is 24.8 Å². The number of hydrogen-bond acceptors (Lipinski definition) is 4. The molecule has 1 aromatic rings. The van der Waals surface area contributed by atoms with Gasteiger partial charge in [-0.1, -0.05) is 11.6 Å². The van der Waals surface area contributed by atoms with Crippen LogP contribution in [0.15, 0.2) is 18.2 Å². The number of carbonyl (C=O) groups excluding carboxylic acids is 2. The first kappa shape index (κ1) is 19.6. The highest BCUT2D eigenvalue weighted by Gasteiger charge is 2.33. The number of rotatable bonds is 6. The monoisotopic (exact) mass is 372 g/mol. The van der Waals surface area contributed by atoms with Gasteiger partial charge in [0.05, 0.1) is 25.2 Å².